The first kappa shape index (κ1) is 57.4. The van der Waals surface area contributed by atoms with E-state index in [4.69, 9.17) is 20.9 Å². The highest BCUT2D eigenvalue weighted by Crippen LogP contribution is 2.77. The van der Waals surface area contributed by atoms with Crippen molar-refractivity contribution in [2.75, 3.05) is 46.5 Å². The second-order valence-corrected chi connectivity index (χ2v) is 26.5. The summed E-state index contributed by atoms with van der Waals surface area (Å²) in [6, 6.07) is -0.505. The SMILES string of the molecule is CN=C(N)NCCNC[C@H](C[C@@H](c1cnc[nH]1)[C@H]1NC(=O)C2(CCCC2)[C@@H]1C[C@@H]1[C@@H](O)[C@@H](O[C@@H]2OC[C@@H](O)[C@H](O)[C@H]2O)[C@@](C)(CO)[C@H]2CC[C@]3(C)[C@H](CC=C4[C@@H]5C[C@@](C)(CO)CC[C@]5(C(=O)O)CC[C@]43C)[C@@]12C)[C@@H](N)O. The van der Waals surface area contributed by atoms with Gasteiger partial charge in [-0.1, -0.05) is 59.1 Å². The van der Waals surface area contributed by atoms with E-state index in [1.165, 1.54) is 5.57 Å². The average Bonchev–Trinajstić information content (AvgIpc) is 4.19. The van der Waals surface area contributed by atoms with Crippen LogP contribution in [0.1, 0.15) is 136 Å². The van der Waals surface area contributed by atoms with Crippen LogP contribution in [0.5, 0.6) is 0 Å². The Hall–Kier alpha value is -3.28. The molecule has 1 aromatic heterocycles. The van der Waals surface area contributed by atoms with Crippen molar-refractivity contribution >= 4 is 17.8 Å². The van der Waals surface area contributed by atoms with Crippen LogP contribution in [0.15, 0.2) is 29.2 Å². The summed E-state index contributed by atoms with van der Waals surface area (Å²) in [5, 5.41) is 101. The van der Waals surface area contributed by atoms with Crippen LogP contribution in [-0.2, 0) is 19.1 Å². The molecule has 16 N–H and O–H groups in total. The number of imidazole rings is 1. The van der Waals surface area contributed by atoms with Gasteiger partial charge in [-0.2, -0.15) is 0 Å². The van der Waals surface area contributed by atoms with Crippen LogP contribution in [-0.4, -0.2) is 164 Å². The van der Waals surface area contributed by atoms with Crippen LogP contribution in [0.25, 0.3) is 0 Å². The van der Waals surface area contributed by atoms with Gasteiger partial charge in [-0.15, -0.1) is 0 Å². The van der Waals surface area contributed by atoms with Crippen molar-refractivity contribution in [3.05, 3.63) is 29.9 Å². The highest BCUT2D eigenvalue weighted by Gasteiger charge is 2.74. The summed E-state index contributed by atoms with van der Waals surface area (Å²) in [5.74, 6) is -3.03. The number of carboxylic acid groups (broad SMARTS) is 1. The minimum atomic E-state index is -1.66. The number of carbonyl (C=O) groups excluding carboxylic acids is 1. The van der Waals surface area contributed by atoms with E-state index in [0.29, 0.717) is 96.2 Å². The summed E-state index contributed by atoms with van der Waals surface area (Å²) in [4.78, 5) is 40.4. The lowest BCUT2D eigenvalue weighted by molar-refractivity contribution is -0.340. The Morgan fingerprint density at radius 3 is 2.33 bits per heavy atom. The largest absolute Gasteiger partial charge is 0.481 e. The predicted octanol–water partition coefficient (Wildman–Crippen LogP) is 1.82. The summed E-state index contributed by atoms with van der Waals surface area (Å²) >= 11 is 0. The number of ether oxygens (including phenoxy) is 2. The standard InChI is InChI=1S/C56H92N8O12/c1-50(27-65)15-17-56(48(73)74)18-16-52(3)32(35(56)23-50)9-10-39-53(52,4)14-11-38-51(2,28-66)44(76-46-43(70)42(69)37(67)26-75-46)41(68)34(54(38,39)5)22-33-40(64-47(72)55(33)12-7-8-13-55)31(36-25-61-29-63-36)21-30(45(57)71)24-60-19-20-62-49(58)59-6/h9,25,29-31,33-35,37-46,60,65-71H,7-8,10-24,26-28,57H2,1-6H3,(H,61,63)(H,64,72)(H,73,74)(H3,58,59,62)/t30-,31-,33+,34+,35-,37+,38+,39-,40+,41+,42-,43+,44+,45-,46-,50-,51-,52+,53+,54-,56-/m0/s1. The van der Waals surface area contributed by atoms with E-state index in [9.17, 15) is 45.6 Å². The second kappa shape index (κ2) is 21.3. The number of aliphatic imine (C=N–C) groups is 1. The fourth-order valence-corrected chi connectivity index (χ4v) is 18.4. The number of fused-ring (bicyclic) bond motifs is 7. The summed E-state index contributed by atoms with van der Waals surface area (Å²) in [5.41, 5.74) is 9.26. The van der Waals surface area contributed by atoms with Crippen molar-refractivity contribution in [3.8, 4) is 0 Å². The Balaban J connectivity index is 1.16. The molecule has 1 amide bonds. The van der Waals surface area contributed by atoms with Crippen LogP contribution >= 0.6 is 0 Å². The van der Waals surface area contributed by atoms with Gasteiger partial charge in [-0.25, -0.2) is 4.98 Å². The lowest BCUT2D eigenvalue weighted by Crippen LogP contribution is -2.72. The zero-order chi connectivity index (χ0) is 55.0. The first-order valence-corrected chi connectivity index (χ1v) is 28.5. The maximum absolute atomic E-state index is 15.1. The lowest BCUT2D eigenvalue weighted by Gasteiger charge is -2.73. The number of allylic oxidation sites excluding steroid dienone is 2. The molecule has 20 heteroatoms. The molecule has 8 aliphatic rings. The highest BCUT2D eigenvalue weighted by molar-refractivity contribution is 5.86. The molecule has 1 spiro atoms. The molecule has 6 aliphatic carbocycles. The molecule has 21 atom stereocenters. The Morgan fingerprint density at radius 2 is 1.68 bits per heavy atom. The predicted molar refractivity (Wildman–Crippen MR) is 281 cm³/mol. The number of hydrogen-bond donors (Lipinski definition) is 14. The van der Waals surface area contributed by atoms with Crippen molar-refractivity contribution in [3.63, 3.8) is 0 Å². The molecular formula is C56H92N8O12. The molecule has 20 nitrogen and oxygen atoms in total. The summed E-state index contributed by atoms with van der Waals surface area (Å²) in [6.45, 7) is 11.6. The lowest BCUT2D eigenvalue weighted by atomic mass is 9.31. The minimum Gasteiger partial charge on any atom is -0.481 e. The first-order valence-electron chi connectivity index (χ1n) is 28.5. The molecule has 2 aliphatic heterocycles. The second-order valence-electron chi connectivity index (χ2n) is 26.5. The van der Waals surface area contributed by atoms with E-state index in [-0.39, 0.29) is 49.4 Å². The van der Waals surface area contributed by atoms with Gasteiger partial charge in [0.15, 0.2) is 12.2 Å². The van der Waals surface area contributed by atoms with Gasteiger partial charge in [0.1, 0.15) is 24.5 Å². The summed E-state index contributed by atoms with van der Waals surface area (Å²) in [6.07, 6.45) is 4.52. The van der Waals surface area contributed by atoms with E-state index in [1.54, 1.807) is 19.6 Å². The Bertz CT molecular complexity index is 2300. The number of aromatic nitrogens is 2. The van der Waals surface area contributed by atoms with Gasteiger partial charge in [-0.3, -0.25) is 14.6 Å². The van der Waals surface area contributed by atoms with Crippen molar-refractivity contribution in [1.82, 2.24) is 25.9 Å². The average molecular weight is 1070 g/mol. The number of aromatic amines is 1. The third-order valence-electron chi connectivity index (χ3n) is 23.1. The zero-order valence-electron chi connectivity index (χ0n) is 45.8. The number of H-pyrrole nitrogens is 1. The smallest absolute Gasteiger partial charge is 0.310 e. The van der Waals surface area contributed by atoms with Crippen LogP contribution in [0, 0.1) is 73.4 Å². The molecule has 7 fully saturated rings. The maximum atomic E-state index is 15.1. The number of nitrogens with zero attached hydrogens (tertiary/aromatic N) is 2. The highest BCUT2D eigenvalue weighted by atomic mass is 16.7. The molecule has 0 radical (unpaired) electrons. The molecule has 0 aromatic carbocycles. The van der Waals surface area contributed by atoms with Crippen molar-refractivity contribution in [2.24, 2.45) is 89.9 Å². The number of rotatable bonds is 17. The van der Waals surface area contributed by atoms with E-state index < -0.39 is 111 Å². The fourth-order valence-electron chi connectivity index (χ4n) is 18.4. The molecular weight excluding hydrogens is 977 g/mol. The zero-order valence-corrected chi connectivity index (χ0v) is 45.8. The number of aliphatic hydroxyl groups is 7. The Morgan fingerprint density at radius 1 is 0.961 bits per heavy atom. The topological polar surface area (TPSA) is 344 Å². The van der Waals surface area contributed by atoms with E-state index in [2.05, 4.69) is 64.7 Å². The number of amides is 1. The number of aliphatic hydroxyl groups excluding tert-OH is 7. The number of hydrogen-bond acceptors (Lipinski definition) is 15. The van der Waals surface area contributed by atoms with Crippen LogP contribution in [0.3, 0.4) is 0 Å². The van der Waals surface area contributed by atoms with E-state index in [1.807, 2.05) is 6.92 Å². The molecule has 0 bridgehead atoms. The molecule has 3 heterocycles. The summed E-state index contributed by atoms with van der Waals surface area (Å²) in [7, 11) is 1.60. The number of nitrogens with two attached hydrogens (primary N) is 2. The van der Waals surface area contributed by atoms with Crippen molar-refractivity contribution in [1.29, 1.82) is 0 Å². The molecule has 1 aromatic rings. The maximum Gasteiger partial charge on any atom is 0.310 e. The molecule has 5 saturated carbocycles. The van der Waals surface area contributed by atoms with Gasteiger partial charge in [0.25, 0.3) is 0 Å². The number of carboxylic acids is 1. The van der Waals surface area contributed by atoms with E-state index >= 15 is 4.79 Å². The first-order chi connectivity index (χ1) is 35.9. The number of carbonyl (C=O) groups is 2. The van der Waals surface area contributed by atoms with Crippen LogP contribution < -0.4 is 27.4 Å². The third-order valence-corrected chi connectivity index (χ3v) is 23.1. The third kappa shape index (κ3) is 9.07. The summed E-state index contributed by atoms with van der Waals surface area (Å²) < 4.78 is 12.7. The van der Waals surface area contributed by atoms with Crippen LogP contribution in [0.4, 0.5) is 0 Å². The Kier molecular flexibility index (Phi) is 16.1. The molecule has 76 heavy (non-hydrogen) atoms. The van der Waals surface area contributed by atoms with Gasteiger partial charge >= 0.3 is 5.97 Å². The van der Waals surface area contributed by atoms with Crippen LogP contribution in [0.2, 0.25) is 0 Å². The number of aliphatic carboxylic acids is 1. The fraction of sp³-hybridized carbons (Fsp3) is 0.857. The molecule has 0 unspecified atom stereocenters. The quantitative estimate of drug-likeness (QED) is 0.0264. The van der Waals surface area contributed by atoms with Gasteiger partial charge in [0.2, 0.25) is 5.91 Å². The van der Waals surface area contributed by atoms with Crippen molar-refractivity contribution < 1.29 is 59.9 Å². The van der Waals surface area contributed by atoms with Gasteiger partial charge in [-0.05, 0) is 128 Å². The Labute approximate surface area is 448 Å². The number of guanidine groups is 1. The van der Waals surface area contributed by atoms with E-state index in [0.717, 1.165) is 25.0 Å². The van der Waals surface area contributed by atoms with Gasteiger partial charge < -0.3 is 82.7 Å². The van der Waals surface area contributed by atoms with Crippen molar-refractivity contribution in [2.45, 2.75) is 180 Å². The minimum absolute atomic E-state index is 0.0245. The van der Waals surface area contributed by atoms with Gasteiger partial charge in [0.05, 0.1) is 42.6 Å². The monoisotopic (exact) mass is 1070 g/mol. The normalized spacial score (nSPS) is 45.2. The molecule has 2 saturated heterocycles. The molecule has 9 rings (SSSR count). The molecule has 428 valence electrons. The number of nitrogens with one attached hydrogen (secondary N) is 4. The van der Waals surface area contributed by atoms with Gasteiger partial charge in [0, 0.05) is 68.5 Å².